The summed E-state index contributed by atoms with van der Waals surface area (Å²) < 4.78 is 35.6. The predicted molar refractivity (Wildman–Crippen MR) is 142 cm³/mol. The quantitative estimate of drug-likeness (QED) is 0.485. The normalized spacial score (nSPS) is 20.6. The summed E-state index contributed by atoms with van der Waals surface area (Å²) in [5.74, 6) is 3.46. The van der Waals surface area contributed by atoms with Gasteiger partial charge in [-0.3, -0.25) is 4.90 Å². The number of nitrogens with two attached hydrogens (primary N) is 1. The van der Waals surface area contributed by atoms with E-state index in [2.05, 4.69) is 48.2 Å². The molecule has 0 aromatic heterocycles. The highest BCUT2D eigenvalue weighted by Gasteiger charge is 2.45. The van der Waals surface area contributed by atoms with Crippen molar-refractivity contribution in [3.05, 3.63) is 75.8 Å². The van der Waals surface area contributed by atoms with Gasteiger partial charge in [-0.15, -0.1) is 0 Å². The van der Waals surface area contributed by atoms with E-state index < -0.39 is 0 Å². The molecule has 0 bridgehead atoms. The third-order valence-electron chi connectivity index (χ3n) is 8.01. The maximum absolute atomic E-state index is 6.61. The lowest BCUT2D eigenvalue weighted by atomic mass is 9.83. The maximum Gasteiger partial charge on any atom is 0.231 e. The first-order valence-corrected chi connectivity index (χ1v) is 13.0. The van der Waals surface area contributed by atoms with Gasteiger partial charge in [0, 0.05) is 30.3 Å². The average Bonchev–Trinajstić information content (AvgIpc) is 3.59. The summed E-state index contributed by atoms with van der Waals surface area (Å²) in [6.45, 7) is 3.97. The molecule has 6 rings (SSSR count). The molecule has 38 heavy (non-hydrogen) atoms. The molecule has 0 saturated heterocycles. The molecule has 3 aromatic rings. The fourth-order valence-corrected chi connectivity index (χ4v) is 6.24. The number of hydrogen-bond donors (Lipinski definition) is 1. The number of methoxy groups -OCH3 is 3. The SMILES string of the molecule is COc1ccc2c(c1OC)CO[C@@H]2[C@H]1c2c(cc3c(c2OC)OCO3)CCN1C(CN)c1ccc(C)cc1. The Kier molecular flexibility index (Phi) is 6.55. The van der Waals surface area contributed by atoms with Crippen LogP contribution in [-0.2, 0) is 17.8 Å². The number of aryl methyl sites for hydroxylation is 1. The first-order valence-electron chi connectivity index (χ1n) is 13.0. The Balaban J connectivity index is 1.54. The highest BCUT2D eigenvalue weighted by molar-refractivity contribution is 5.63. The first-order chi connectivity index (χ1) is 18.6. The molecule has 200 valence electrons. The zero-order valence-corrected chi connectivity index (χ0v) is 22.3. The number of fused-ring (bicyclic) bond motifs is 3. The van der Waals surface area contributed by atoms with Gasteiger partial charge in [0.05, 0.1) is 34.0 Å². The van der Waals surface area contributed by atoms with E-state index in [1.807, 2.05) is 6.07 Å². The molecular weight excluding hydrogens is 484 g/mol. The van der Waals surface area contributed by atoms with Crippen LogP contribution in [-0.4, -0.2) is 46.1 Å². The largest absolute Gasteiger partial charge is 0.493 e. The molecule has 8 heteroatoms. The molecule has 0 aliphatic carbocycles. The Labute approximate surface area is 223 Å². The Bertz CT molecular complexity index is 1340. The van der Waals surface area contributed by atoms with E-state index in [0.29, 0.717) is 36.1 Å². The fraction of sp³-hybridized carbons (Fsp3) is 0.400. The van der Waals surface area contributed by atoms with Crippen molar-refractivity contribution in [2.75, 3.05) is 41.2 Å². The molecule has 0 saturated carbocycles. The number of nitrogens with zero attached hydrogens (tertiary/aromatic N) is 1. The molecular formula is C30H34N2O6. The van der Waals surface area contributed by atoms with Gasteiger partial charge in [-0.2, -0.15) is 0 Å². The minimum Gasteiger partial charge on any atom is -0.493 e. The van der Waals surface area contributed by atoms with E-state index >= 15 is 0 Å². The van der Waals surface area contributed by atoms with Crippen molar-refractivity contribution in [2.45, 2.75) is 38.1 Å². The lowest BCUT2D eigenvalue weighted by Crippen LogP contribution is -2.43. The van der Waals surface area contributed by atoms with Crippen LogP contribution in [0.1, 0.15) is 51.6 Å². The van der Waals surface area contributed by atoms with Gasteiger partial charge < -0.3 is 34.2 Å². The van der Waals surface area contributed by atoms with Gasteiger partial charge >= 0.3 is 0 Å². The summed E-state index contributed by atoms with van der Waals surface area (Å²) in [7, 11) is 5.00. The van der Waals surface area contributed by atoms with E-state index in [-0.39, 0.29) is 25.0 Å². The van der Waals surface area contributed by atoms with Crippen molar-refractivity contribution >= 4 is 0 Å². The smallest absolute Gasteiger partial charge is 0.231 e. The van der Waals surface area contributed by atoms with Crippen LogP contribution in [0.3, 0.4) is 0 Å². The maximum atomic E-state index is 6.61. The number of ether oxygens (including phenoxy) is 6. The summed E-state index contributed by atoms with van der Waals surface area (Å²) >= 11 is 0. The molecule has 3 heterocycles. The monoisotopic (exact) mass is 518 g/mol. The lowest BCUT2D eigenvalue weighted by molar-refractivity contribution is -0.0285. The van der Waals surface area contributed by atoms with Crippen LogP contribution in [0.4, 0.5) is 0 Å². The number of hydrogen-bond acceptors (Lipinski definition) is 8. The van der Waals surface area contributed by atoms with E-state index in [1.54, 1.807) is 21.3 Å². The van der Waals surface area contributed by atoms with E-state index in [9.17, 15) is 0 Å². The van der Waals surface area contributed by atoms with Crippen molar-refractivity contribution < 1.29 is 28.4 Å². The molecule has 0 amide bonds. The van der Waals surface area contributed by atoms with Gasteiger partial charge in [-0.25, -0.2) is 0 Å². The third-order valence-corrected chi connectivity index (χ3v) is 8.01. The van der Waals surface area contributed by atoms with Crippen molar-refractivity contribution in [3.8, 4) is 28.7 Å². The highest BCUT2D eigenvalue weighted by atomic mass is 16.7. The molecule has 3 atom stereocenters. The van der Waals surface area contributed by atoms with Gasteiger partial charge in [0.1, 0.15) is 6.10 Å². The Morgan fingerprint density at radius 3 is 2.50 bits per heavy atom. The van der Waals surface area contributed by atoms with Crippen LogP contribution >= 0.6 is 0 Å². The standard InChI is InChI=1S/C30H34N2O6/c1-17-5-7-18(8-6-17)22(14-31)32-12-11-19-13-24-29(38-16-37-24)30(35-4)25(19)26(32)28-20-9-10-23(33-2)27(34-3)21(20)15-36-28/h5-10,13,22,26,28H,11-12,14-16,31H2,1-4H3/t22?,26-,28+/m1/s1. The lowest BCUT2D eigenvalue weighted by Gasteiger charge is -2.45. The van der Waals surface area contributed by atoms with Crippen LogP contribution in [0.2, 0.25) is 0 Å². The van der Waals surface area contributed by atoms with Crippen LogP contribution in [0.5, 0.6) is 28.7 Å². The minimum absolute atomic E-state index is 0.0170. The number of benzene rings is 3. The number of rotatable bonds is 7. The van der Waals surface area contributed by atoms with E-state index in [1.165, 1.54) is 16.7 Å². The molecule has 0 fully saturated rings. The van der Waals surface area contributed by atoms with E-state index in [0.717, 1.165) is 35.4 Å². The topological polar surface area (TPSA) is 84.6 Å². The van der Waals surface area contributed by atoms with Crippen LogP contribution in [0, 0.1) is 6.92 Å². The average molecular weight is 519 g/mol. The molecule has 8 nitrogen and oxygen atoms in total. The molecule has 1 unspecified atom stereocenters. The highest BCUT2D eigenvalue weighted by Crippen LogP contribution is 2.56. The van der Waals surface area contributed by atoms with Crippen LogP contribution in [0.15, 0.2) is 42.5 Å². The second-order valence-corrected chi connectivity index (χ2v) is 9.91. The molecule has 3 aliphatic rings. The van der Waals surface area contributed by atoms with Crippen molar-refractivity contribution in [2.24, 2.45) is 5.73 Å². The molecule has 3 aromatic carbocycles. The Hall–Kier alpha value is -3.46. The summed E-state index contributed by atoms with van der Waals surface area (Å²) in [5, 5.41) is 0. The van der Waals surface area contributed by atoms with Crippen LogP contribution < -0.4 is 29.4 Å². The summed E-state index contributed by atoms with van der Waals surface area (Å²) in [4.78, 5) is 2.47. The summed E-state index contributed by atoms with van der Waals surface area (Å²) in [6.07, 6.45) is 0.546. The van der Waals surface area contributed by atoms with Gasteiger partial charge in [0.15, 0.2) is 23.0 Å². The first kappa shape index (κ1) is 24.9. The van der Waals surface area contributed by atoms with Crippen molar-refractivity contribution in [3.63, 3.8) is 0 Å². The summed E-state index contributed by atoms with van der Waals surface area (Å²) in [5.41, 5.74) is 13.2. The predicted octanol–water partition coefficient (Wildman–Crippen LogP) is 4.62. The zero-order valence-electron chi connectivity index (χ0n) is 22.3. The minimum atomic E-state index is -0.280. The van der Waals surface area contributed by atoms with Gasteiger partial charge in [-0.05, 0) is 42.2 Å². The van der Waals surface area contributed by atoms with Gasteiger partial charge in [0.2, 0.25) is 12.5 Å². The second-order valence-electron chi connectivity index (χ2n) is 9.91. The van der Waals surface area contributed by atoms with E-state index in [4.69, 9.17) is 34.2 Å². The Morgan fingerprint density at radius 1 is 1.00 bits per heavy atom. The second kappa shape index (κ2) is 10.0. The molecule has 0 radical (unpaired) electrons. The summed E-state index contributed by atoms with van der Waals surface area (Å²) in [6, 6.07) is 14.6. The Morgan fingerprint density at radius 2 is 1.79 bits per heavy atom. The molecule has 0 spiro atoms. The third kappa shape index (κ3) is 3.86. The molecule has 3 aliphatic heterocycles. The van der Waals surface area contributed by atoms with Gasteiger partial charge in [0.25, 0.3) is 0 Å². The van der Waals surface area contributed by atoms with Crippen molar-refractivity contribution in [1.82, 2.24) is 4.90 Å². The van der Waals surface area contributed by atoms with Gasteiger partial charge in [-0.1, -0.05) is 35.9 Å². The van der Waals surface area contributed by atoms with Crippen LogP contribution in [0.25, 0.3) is 0 Å². The fourth-order valence-electron chi connectivity index (χ4n) is 6.24. The molecule has 2 N–H and O–H groups in total. The van der Waals surface area contributed by atoms with Crippen molar-refractivity contribution in [1.29, 1.82) is 0 Å². The zero-order chi connectivity index (χ0) is 26.4.